The first kappa shape index (κ1) is 55.1. The molecule has 5 aliphatic rings. The van der Waals surface area contributed by atoms with Crippen LogP contribution in [0, 0.1) is 0 Å². The van der Waals surface area contributed by atoms with Crippen molar-refractivity contribution in [1.82, 2.24) is 10.6 Å². The van der Waals surface area contributed by atoms with E-state index in [0.717, 1.165) is 13.8 Å². The Hall–Kier alpha value is -1.83. The van der Waals surface area contributed by atoms with Crippen LogP contribution in [-0.4, -0.2) is 281 Å². The summed E-state index contributed by atoms with van der Waals surface area (Å²) in [6.07, 6.45) is -41.8. The van der Waals surface area contributed by atoms with Gasteiger partial charge in [0.05, 0.1) is 50.5 Å². The third kappa shape index (κ3) is 12.4. The fourth-order valence-electron chi connectivity index (χ4n) is 8.30. The number of Topliss-reactive ketones (excluding diaryl/α,β-unsaturated/α-hetero) is 1. The van der Waals surface area contributed by atoms with Crippen molar-refractivity contribution in [2.24, 2.45) is 0 Å². The molecule has 29 heteroatoms. The Labute approximate surface area is 383 Å². The molecule has 2 amide bonds. The third-order valence-corrected chi connectivity index (χ3v) is 12.4. The van der Waals surface area contributed by atoms with Crippen LogP contribution in [0.3, 0.4) is 0 Å². The van der Waals surface area contributed by atoms with Gasteiger partial charge in [0.25, 0.3) is 0 Å². The van der Waals surface area contributed by atoms with Gasteiger partial charge in [-0.25, -0.2) is 0 Å². The second-order valence-electron chi connectivity index (χ2n) is 16.5. The van der Waals surface area contributed by atoms with Crippen LogP contribution < -0.4 is 10.6 Å². The van der Waals surface area contributed by atoms with E-state index >= 15 is 0 Å². The van der Waals surface area contributed by atoms with Crippen molar-refractivity contribution >= 4 is 33.5 Å². The number of ether oxygens (including phenoxy) is 9. The number of ketones is 1. The lowest BCUT2D eigenvalue weighted by atomic mass is 9.89. The number of nitrogens with one attached hydrogen (secondary N) is 2. The number of carbonyl (C=O) groups is 3. The highest BCUT2D eigenvalue weighted by atomic mass is 79.9. The molecule has 5 heterocycles. The minimum atomic E-state index is -2.19. The maximum absolute atomic E-state index is 12.6. The fourth-order valence-corrected chi connectivity index (χ4v) is 8.53. The van der Waals surface area contributed by atoms with Crippen LogP contribution in [0.4, 0.5) is 0 Å². The molecule has 5 fully saturated rings. The summed E-state index contributed by atoms with van der Waals surface area (Å²) in [7, 11) is 0. The second-order valence-corrected chi connectivity index (χ2v) is 17.0. The Kier molecular flexibility index (Phi) is 20.3. The molecule has 28 nitrogen and oxygen atoms in total. The standard InChI is InChI=1S/C37H61BrN2O26/c1-10(45)39-19-13(3-12(47)4-38)59-16(7-43)31(24(19)51)64-34-20(40-11(2)46)25(52)32(17(8-44)62-34)65-37-30(57)33(66-36-29(56)27(54)22(49)15(6-42)61-36)23(50)18(63-37)9-58-35-28(55)26(53)21(48)14(5-41)60-35/h13-37,41-44,48-57H,3-9H2,1-2H3,(H,39,45)(H,40,46)/t13?,14?,15-,16?,17?,18?,19-,20?,21-,22-,23-,24-,25-,26+,27?,28?,29?,30?,31-,32-,33+,34+,35+,36-,37+/m1/s1. The SMILES string of the molecule is CC(=O)NC1[C@H](O[C@@H]2C(CO)OC(CC(=O)CBr)[C@@H](NC(C)=O)[C@H]2O)OC(CO)[C@@H](O[C@@H]2OC(CO[C@H]3OC(CO)[C@@H](O)[C@H](O)C3O)[C@@H](O)[C@H](O[C@H]3O[C@H](CO)[C@@H](O)C(O)C3O)C2O)[C@@H]1O. The molecular weight excluding hydrogens is 968 g/mol. The van der Waals surface area contributed by atoms with Gasteiger partial charge >= 0.3 is 0 Å². The normalized spacial score (nSPS) is 46.7. The second kappa shape index (κ2) is 24.3. The van der Waals surface area contributed by atoms with Gasteiger partial charge in [0.1, 0.15) is 122 Å². The van der Waals surface area contributed by atoms with Crippen LogP contribution in [0.2, 0.25) is 0 Å². The predicted molar refractivity (Wildman–Crippen MR) is 211 cm³/mol. The number of carbonyl (C=O) groups excluding carboxylic acids is 3. The van der Waals surface area contributed by atoms with Gasteiger partial charge in [-0.1, -0.05) is 15.9 Å². The highest BCUT2D eigenvalue weighted by molar-refractivity contribution is 9.09. The summed E-state index contributed by atoms with van der Waals surface area (Å²) >= 11 is 3.04. The molecule has 0 spiro atoms. The lowest BCUT2D eigenvalue weighted by Crippen LogP contribution is -2.70. The largest absolute Gasteiger partial charge is 0.394 e. The number of hydrogen-bond donors (Lipinski definition) is 16. The van der Waals surface area contributed by atoms with Crippen LogP contribution in [0.1, 0.15) is 20.3 Å². The summed E-state index contributed by atoms with van der Waals surface area (Å²) in [6, 6.07) is -2.99. The summed E-state index contributed by atoms with van der Waals surface area (Å²) in [5.41, 5.74) is 0. The Balaban J connectivity index is 1.42. The molecule has 0 bridgehead atoms. The van der Waals surface area contributed by atoms with Crippen LogP contribution in [-0.2, 0) is 57.0 Å². The number of amides is 2. The maximum atomic E-state index is 12.6. The van der Waals surface area contributed by atoms with Gasteiger partial charge < -0.3 is 125 Å². The van der Waals surface area contributed by atoms with Crippen molar-refractivity contribution in [3.8, 4) is 0 Å². The quantitative estimate of drug-likeness (QED) is 0.0567. The lowest BCUT2D eigenvalue weighted by molar-refractivity contribution is -0.383. The van der Waals surface area contributed by atoms with Crippen molar-refractivity contribution in [3.05, 3.63) is 0 Å². The van der Waals surface area contributed by atoms with E-state index in [2.05, 4.69) is 26.6 Å². The molecule has 0 radical (unpaired) electrons. The van der Waals surface area contributed by atoms with Gasteiger partial charge in [-0.2, -0.15) is 0 Å². The maximum Gasteiger partial charge on any atom is 0.217 e. The number of rotatable bonds is 18. The van der Waals surface area contributed by atoms with E-state index < -0.39 is 198 Å². The van der Waals surface area contributed by atoms with E-state index in [9.17, 15) is 85.9 Å². The molecule has 5 saturated heterocycles. The smallest absolute Gasteiger partial charge is 0.217 e. The summed E-state index contributed by atoms with van der Waals surface area (Å²) in [5.74, 6) is -1.80. The molecule has 0 aromatic carbocycles. The zero-order valence-corrected chi connectivity index (χ0v) is 37.0. The lowest BCUT2D eigenvalue weighted by Gasteiger charge is -2.50. The van der Waals surface area contributed by atoms with Crippen molar-refractivity contribution in [2.45, 2.75) is 173 Å². The number of alkyl halides is 1. The van der Waals surface area contributed by atoms with E-state index in [1.807, 2.05) is 0 Å². The molecule has 0 aromatic heterocycles. The molecule has 0 saturated carbocycles. The van der Waals surface area contributed by atoms with E-state index in [0.29, 0.717) is 0 Å². The first-order valence-corrected chi connectivity index (χ1v) is 22.0. The zero-order valence-electron chi connectivity index (χ0n) is 35.4. The van der Waals surface area contributed by atoms with Crippen LogP contribution in [0.25, 0.3) is 0 Å². The van der Waals surface area contributed by atoms with Gasteiger partial charge in [0.15, 0.2) is 25.2 Å². The van der Waals surface area contributed by atoms with E-state index in [-0.39, 0.29) is 17.5 Å². The van der Waals surface area contributed by atoms with Gasteiger partial charge in [-0.05, 0) is 0 Å². The third-order valence-electron chi connectivity index (χ3n) is 11.8. The van der Waals surface area contributed by atoms with Crippen molar-refractivity contribution in [3.63, 3.8) is 0 Å². The van der Waals surface area contributed by atoms with Gasteiger partial charge in [-0.15, -0.1) is 0 Å². The summed E-state index contributed by atoms with van der Waals surface area (Å²) in [4.78, 5) is 37.1. The van der Waals surface area contributed by atoms with Gasteiger partial charge in [0, 0.05) is 20.3 Å². The summed E-state index contributed by atoms with van der Waals surface area (Å²) < 4.78 is 51.8. The van der Waals surface area contributed by atoms with Gasteiger partial charge in [-0.3, -0.25) is 14.4 Å². The monoisotopic (exact) mass is 1030 g/mol. The molecule has 25 atom stereocenters. The van der Waals surface area contributed by atoms with Crippen molar-refractivity contribution < 1.29 is 129 Å². The Morgan fingerprint density at radius 3 is 1.41 bits per heavy atom. The Morgan fingerprint density at radius 2 is 0.879 bits per heavy atom. The summed E-state index contributed by atoms with van der Waals surface area (Å²) in [5, 5.41) is 154. The number of aliphatic hydroxyl groups is 14. The fraction of sp³-hybridized carbons (Fsp3) is 0.919. The van der Waals surface area contributed by atoms with E-state index in [4.69, 9.17) is 42.6 Å². The topological polar surface area (TPSA) is 442 Å². The van der Waals surface area contributed by atoms with Crippen molar-refractivity contribution in [2.75, 3.05) is 38.4 Å². The first-order chi connectivity index (χ1) is 31.2. The average molecular weight is 1030 g/mol. The molecular formula is C37H61BrN2O26. The van der Waals surface area contributed by atoms with Crippen LogP contribution in [0.15, 0.2) is 0 Å². The minimum Gasteiger partial charge on any atom is -0.394 e. The zero-order chi connectivity index (χ0) is 48.9. The van der Waals surface area contributed by atoms with Crippen LogP contribution in [0.5, 0.6) is 0 Å². The average Bonchev–Trinajstić information content (AvgIpc) is 3.28. The number of hydrogen-bond acceptors (Lipinski definition) is 26. The molecule has 382 valence electrons. The molecule has 10 unspecified atom stereocenters. The van der Waals surface area contributed by atoms with E-state index in [1.54, 1.807) is 0 Å². The highest BCUT2D eigenvalue weighted by Gasteiger charge is 2.56. The summed E-state index contributed by atoms with van der Waals surface area (Å²) in [6.45, 7) is -2.22. The molecule has 0 aromatic rings. The predicted octanol–water partition coefficient (Wildman–Crippen LogP) is -10.2. The first-order valence-electron chi connectivity index (χ1n) is 20.9. The Bertz CT molecular complexity index is 1570. The number of halogens is 1. The molecule has 5 aliphatic heterocycles. The highest BCUT2D eigenvalue weighted by Crippen LogP contribution is 2.35. The molecule has 5 rings (SSSR count). The minimum absolute atomic E-state index is 0.0938. The van der Waals surface area contributed by atoms with Crippen molar-refractivity contribution in [1.29, 1.82) is 0 Å². The molecule has 16 N–H and O–H groups in total. The van der Waals surface area contributed by atoms with Crippen LogP contribution >= 0.6 is 15.9 Å². The number of aliphatic hydroxyl groups excluding tert-OH is 14. The van der Waals surface area contributed by atoms with Gasteiger partial charge in [0.2, 0.25) is 11.8 Å². The molecule has 66 heavy (non-hydrogen) atoms. The van der Waals surface area contributed by atoms with E-state index in [1.165, 1.54) is 0 Å². The Morgan fingerprint density at radius 1 is 0.455 bits per heavy atom. The molecule has 0 aliphatic carbocycles.